The maximum Gasteiger partial charge on any atom is 0.222 e. The van der Waals surface area contributed by atoms with Crippen molar-refractivity contribution in [3.63, 3.8) is 0 Å². The number of carbonyl (C=O) groups is 1. The highest BCUT2D eigenvalue weighted by molar-refractivity contribution is 5.76. The van der Waals surface area contributed by atoms with Gasteiger partial charge in [-0.25, -0.2) is 0 Å². The van der Waals surface area contributed by atoms with Crippen molar-refractivity contribution in [1.29, 1.82) is 0 Å². The number of hydrogen-bond acceptors (Lipinski definition) is 3. The van der Waals surface area contributed by atoms with Crippen LogP contribution in [0.3, 0.4) is 0 Å². The van der Waals surface area contributed by atoms with Crippen LogP contribution in [0.2, 0.25) is 0 Å². The summed E-state index contributed by atoms with van der Waals surface area (Å²) in [5, 5.41) is 3.35. The summed E-state index contributed by atoms with van der Waals surface area (Å²) < 4.78 is 5.84. The highest BCUT2D eigenvalue weighted by atomic mass is 16.3. The molecule has 4 heteroatoms. The van der Waals surface area contributed by atoms with Gasteiger partial charge in [0.2, 0.25) is 5.91 Å². The van der Waals surface area contributed by atoms with Gasteiger partial charge in [-0.2, -0.15) is 0 Å². The van der Waals surface area contributed by atoms with Gasteiger partial charge >= 0.3 is 0 Å². The normalized spacial score (nSPS) is 20.5. The van der Waals surface area contributed by atoms with Crippen molar-refractivity contribution in [2.45, 2.75) is 52.5 Å². The summed E-state index contributed by atoms with van der Waals surface area (Å²) in [6, 6.07) is 4.17. The molecule has 0 saturated heterocycles. The van der Waals surface area contributed by atoms with Crippen molar-refractivity contribution in [2.24, 2.45) is 5.92 Å². The summed E-state index contributed by atoms with van der Waals surface area (Å²) in [5.74, 6) is 3.81. The van der Waals surface area contributed by atoms with Gasteiger partial charge in [0.05, 0.1) is 6.54 Å². The number of carbonyl (C=O) groups excluding carboxylic acids is 1. The van der Waals surface area contributed by atoms with Crippen LogP contribution in [0.4, 0.5) is 0 Å². The van der Waals surface area contributed by atoms with Gasteiger partial charge < -0.3 is 14.6 Å². The number of nitrogens with one attached hydrogen (secondary N) is 1. The second-order valence-electron chi connectivity index (χ2n) is 5.97. The van der Waals surface area contributed by atoms with E-state index in [2.05, 4.69) is 24.4 Å². The Hall–Kier alpha value is -1.29. The first-order chi connectivity index (χ1) is 10.2. The van der Waals surface area contributed by atoms with E-state index in [0.29, 0.717) is 12.3 Å². The molecule has 4 nitrogen and oxygen atoms in total. The van der Waals surface area contributed by atoms with E-state index in [0.717, 1.165) is 50.0 Å². The molecule has 2 rings (SSSR count). The first-order valence-corrected chi connectivity index (χ1v) is 8.22. The SMILES string of the molecule is CCN(CC)C(=O)CCCNCc1ccc(C2CC2C)o1. The molecule has 21 heavy (non-hydrogen) atoms. The Morgan fingerprint density at radius 1 is 1.38 bits per heavy atom. The third-order valence-corrected chi connectivity index (χ3v) is 4.32. The molecule has 1 N–H and O–H groups in total. The molecule has 1 aliphatic rings. The van der Waals surface area contributed by atoms with Crippen molar-refractivity contribution >= 4 is 5.91 Å². The molecule has 118 valence electrons. The van der Waals surface area contributed by atoms with E-state index >= 15 is 0 Å². The van der Waals surface area contributed by atoms with Gasteiger partial charge in [0, 0.05) is 25.4 Å². The van der Waals surface area contributed by atoms with Crippen LogP contribution in [0.5, 0.6) is 0 Å². The fraction of sp³-hybridized carbons (Fsp3) is 0.706. The van der Waals surface area contributed by atoms with Crippen LogP contribution in [-0.2, 0) is 11.3 Å². The molecule has 1 aromatic rings. The quantitative estimate of drug-likeness (QED) is 0.711. The van der Waals surface area contributed by atoms with Crippen molar-refractivity contribution < 1.29 is 9.21 Å². The Morgan fingerprint density at radius 3 is 2.71 bits per heavy atom. The molecule has 0 radical (unpaired) electrons. The minimum atomic E-state index is 0.254. The Balaban J connectivity index is 1.59. The van der Waals surface area contributed by atoms with Gasteiger partial charge in [0.25, 0.3) is 0 Å². The van der Waals surface area contributed by atoms with E-state index in [9.17, 15) is 4.79 Å². The predicted molar refractivity (Wildman–Crippen MR) is 84.1 cm³/mol. The van der Waals surface area contributed by atoms with Gasteiger partial charge in [-0.3, -0.25) is 4.79 Å². The van der Waals surface area contributed by atoms with Crippen molar-refractivity contribution in [3.8, 4) is 0 Å². The lowest BCUT2D eigenvalue weighted by Gasteiger charge is -2.18. The minimum absolute atomic E-state index is 0.254. The van der Waals surface area contributed by atoms with Crippen LogP contribution >= 0.6 is 0 Å². The monoisotopic (exact) mass is 292 g/mol. The van der Waals surface area contributed by atoms with E-state index in [1.165, 1.54) is 6.42 Å². The molecule has 2 unspecified atom stereocenters. The number of rotatable bonds is 9. The molecule has 0 aromatic carbocycles. The minimum Gasteiger partial charge on any atom is -0.464 e. The summed E-state index contributed by atoms with van der Waals surface area (Å²) >= 11 is 0. The molecule has 1 amide bonds. The van der Waals surface area contributed by atoms with Crippen molar-refractivity contribution in [3.05, 3.63) is 23.7 Å². The standard InChI is InChI=1S/C17H28N2O2/c1-4-19(5-2)17(20)7-6-10-18-12-14-8-9-16(21-14)15-11-13(15)3/h8-9,13,15,18H,4-7,10-12H2,1-3H3. The highest BCUT2D eigenvalue weighted by Crippen LogP contribution is 2.47. The fourth-order valence-electron chi connectivity index (χ4n) is 2.72. The topological polar surface area (TPSA) is 45.5 Å². The summed E-state index contributed by atoms with van der Waals surface area (Å²) in [6.07, 6.45) is 2.76. The van der Waals surface area contributed by atoms with E-state index in [1.54, 1.807) is 0 Å². The molecule has 1 heterocycles. The van der Waals surface area contributed by atoms with Gasteiger partial charge in [-0.1, -0.05) is 6.92 Å². The molecule has 1 aliphatic carbocycles. The van der Waals surface area contributed by atoms with Crippen molar-refractivity contribution in [2.75, 3.05) is 19.6 Å². The molecule has 0 bridgehead atoms. The second-order valence-corrected chi connectivity index (χ2v) is 5.97. The van der Waals surface area contributed by atoms with Crippen LogP contribution in [-0.4, -0.2) is 30.4 Å². The Kier molecular flexibility index (Phi) is 5.85. The molecule has 1 saturated carbocycles. The number of furan rings is 1. The van der Waals surface area contributed by atoms with Gasteiger partial charge in [-0.15, -0.1) is 0 Å². The van der Waals surface area contributed by atoms with Crippen LogP contribution in [0.15, 0.2) is 16.5 Å². The van der Waals surface area contributed by atoms with Crippen LogP contribution in [0.25, 0.3) is 0 Å². The summed E-state index contributed by atoms with van der Waals surface area (Å²) in [6.45, 7) is 9.51. The maximum absolute atomic E-state index is 11.8. The third-order valence-electron chi connectivity index (χ3n) is 4.32. The second kappa shape index (κ2) is 7.64. The zero-order valence-electron chi connectivity index (χ0n) is 13.5. The zero-order chi connectivity index (χ0) is 15.2. The molecule has 1 fully saturated rings. The first-order valence-electron chi connectivity index (χ1n) is 8.22. The molecule has 1 aromatic heterocycles. The molecular weight excluding hydrogens is 264 g/mol. The van der Waals surface area contributed by atoms with Gasteiger partial charge in [0.1, 0.15) is 11.5 Å². The molecular formula is C17H28N2O2. The largest absolute Gasteiger partial charge is 0.464 e. The maximum atomic E-state index is 11.8. The van der Waals surface area contributed by atoms with Gasteiger partial charge in [-0.05, 0) is 51.3 Å². The number of hydrogen-bond donors (Lipinski definition) is 1. The smallest absolute Gasteiger partial charge is 0.222 e. The average molecular weight is 292 g/mol. The van der Waals surface area contributed by atoms with Crippen molar-refractivity contribution in [1.82, 2.24) is 10.2 Å². The number of nitrogens with zero attached hydrogens (tertiary/aromatic N) is 1. The summed E-state index contributed by atoms with van der Waals surface area (Å²) in [7, 11) is 0. The van der Waals surface area contributed by atoms with Crippen LogP contribution < -0.4 is 5.32 Å². The Bertz CT molecular complexity index is 451. The lowest BCUT2D eigenvalue weighted by Crippen LogP contribution is -2.30. The predicted octanol–water partition coefficient (Wildman–Crippen LogP) is 3.14. The molecule has 2 atom stereocenters. The van der Waals surface area contributed by atoms with E-state index in [4.69, 9.17) is 4.42 Å². The van der Waals surface area contributed by atoms with E-state index in [-0.39, 0.29) is 5.91 Å². The fourth-order valence-corrected chi connectivity index (χ4v) is 2.72. The zero-order valence-corrected chi connectivity index (χ0v) is 13.5. The third kappa shape index (κ3) is 4.60. The van der Waals surface area contributed by atoms with Gasteiger partial charge in [0.15, 0.2) is 0 Å². The molecule has 0 aliphatic heterocycles. The van der Waals surface area contributed by atoms with E-state index in [1.807, 2.05) is 18.7 Å². The van der Waals surface area contributed by atoms with Crippen LogP contribution in [0.1, 0.15) is 57.5 Å². The Labute approximate surface area is 127 Å². The summed E-state index contributed by atoms with van der Waals surface area (Å²) in [4.78, 5) is 13.7. The first kappa shape index (κ1) is 16.1. The summed E-state index contributed by atoms with van der Waals surface area (Å²) in [5.41, 5.74) is 0. The van der Waals surface area contributed by atoms with Crippen LogP contribution in [0, 0.1) is 5.92 Å². The van der Waals surface area contributed by atoms with E-state index < -0.39 is 0 Å². The Morgan fingerprint density at radius 2 is 2.10 bits per heavy atom. The molecule has 0 spiro atoms. The highest BCUT2D eigenvalue weighted by Gasteiger charge is 2.36. The average Bonchev–Trinajstić information content (AvgIpc) is 3.01. The lowest BCUT2D eigenvalue weighted by molar-refractivity contribution is -0.130. The number of amides is 1. The lowest BCUT2D eigenvalue weighted by atomic mass is 10.2.